The summed E-state index contributed by atoms with van der Waals surface area (Å²) in [4.78, 5) is 8.43. The highest BCUT2D eigenvalue weighted by Crippen LogP contribution is 2.39. The molecular weight excluding hydrogens is 188 g/mol. The van der Waals surface area contributed by atoms with Crippen LogP contribution >= 0.6 is 11.6 Å². The summed E-state index contributed by atoms with van der Waals surface area (Å²) in [5.41, 5.74) is 1.06. The number of hydrogen-bond donors (Lipinski definition) is 0. The van der Waals surface area contributed by atoms with Crippen LogP contribution in [-0.2, 0) is 11.3 Å². The van der Waals surface area contributed by atoms with Crippen molar-refractivity contribution in [2.75, 3.05) is 7.11 Å². The largest absolute Gasteiger partial charge is 0.377 e. The number of ether oxygens (including phenoxy) is 1. The molecule has 0 bridgehead atoms. The Morgan fingerprint density at radius 3 is 2.92 bits per heavy atom. The molecule has 1 aliphatic carbocycles. The first-order chi connectivity index (χ1) is 6.29. The van der Waals surface area contributed by atoms with Crippen molar-refractivity contribution in [1.82, 2.24) is 9.97 Å². The predicted octanol–water partition coefficient (Wildman–Crippen LogP) is 2.15. The van der Waals surface area contributed by atoms with E-state index in [1.807, 2.05) is 6.07 Å². The topological polar surface area (TPSA) is 35.0 Å². The molecule has 3 nitrogen and oxygen atoms in total. The molecule has 0 unspecified atom stereocenters. The van der Waals surface area contributed by atoms with Gasteiger partial charge in [-0.2, -0.15) is 0 Å². The SMILES string of the molecule is COCc1nc(Cl)cc(C2CC2)n1. The molecule has 13 heavy (non-hydrogen) atoms. The highest BCUT2D eigenvalue weighted by atomic mass is 35.5. The summed E-state index contributed by atoms with van der Waals surface area (Å²) in [6.07, 6.45) is 2.44. The monoisotopic (exact) mass is 198 g/mol. The summed E-state index contributed by atoms with van der Waals surface area (Å²) >= 11 is 5.85. The van der Waals surface area contributed by atoms with Gasteiger partial charge in [0.05, 0.1) is 0 Å². The molecule has 0 N–H and O–H groups in total. The van der Waals surface area contributed by atoms with Crippen molar-refractivity contribution in [2.45, 2.75) is 25.4 Å². The molecule has 0 aliphatic heterocycles. The first-order valence-corrected chi connectivity index (χ1v) is 4.69. The van der Waals surface area contributed by atoms with Gasteiger partial charge in [0.15, 0.2) is 5.82 Å². The minimum absolute atomic E-state index is 0.431. The molecule has 1 aromatic heterocycles. The molecule has 0 spiro atoms. The van der Waals surface area contributed by atoms with Gasteiger partial charge in [-0.25, -0.2) is 9.97 Å². The van der Waals surface area contributed by atoms with Crippen molar-refractivity contribution in [3.63, 3.8) is 0 Å². The first-order valence-electron chi connectivity index (χ1n) is 4.32. The third-order valence-corrected chi connectivity index (χ3v) is 2.22. The third-order valence-electron chi connectivity index (χ3n) is 2.03. The van der Waals surface area contributed by atoms with E-state index in [1.165, 1.54) is 12.8 Å². The molecule has 0 saturated heterocycles. The molecule has 0 atom stereocenters. The summed E-state index contributed by atoms with van der Waals surface area (Å²) in [5, 5.41) is 0.518. The second kappa shape index (κ2) is 3.60. The van der Waals surface area contributed by atoms with E-state index in [0.29, 0.717) is 23.5 Å². The lowest BCUT2D eigenvalue weighted by Gasteiger charge is -2.02. The molecule has 0 radical (unpaired) electrons. The summed E-state index contributed by atoms with van der Waals surface area (Å²) in [6, 6.07) is 1.85. The van der Waals surface area contributed by atoms with E-state index < -0.39 is 0 Å². The molecule has 1 heterocycles. The Morgan fingerprint density at radius 2 is 2.31 bits per heavy atom. The Balaban J connectivity index is 2.25. The quantitative estimate of drug-likeness (QED) is 0.699. The number of nitrogens with zero attached hydrogens (tertiary/aromatic N) is 2. The van der Waals surface area contributed by atoms with E-state index in [0.717, 1.165) is 5.69 Å². The lowest BCUT2D eigenvalue weighted by molar-refractivity contribution is 0.177. The zero-order valence-electron chi connectivity index (χ0n) is 7.46. The van der Waals surface area contributed by atoms with E-state index in [1.54, 1.807) is 7.11 Å². The van der Waals surface area contributed by atoms with Crippen LogP contribution in [0.3, 0.4) is 0 Å². The zero-order chi connectivity index (χ0) is 9.26. The van der Waals surface area contributed by atoms with Crippen LogP contribution in [0.25, 0.3) is 0 Å². The maximum atomic E-state index is 5.85. The Kier molecular flexibility index (Phi) is 2.47. The Bertz CT molecular complexity index is 312. The average molecular weight is 199 g/mol. The highest BCUT2D eigenvalue weighted by Gasteiger charge is 2.25. The first kappa shape index (κ1) is 8.91. The van der Waals surface area contributed by atoms with Gasteiger partial charge in [0, 0.05) is 18.7 Å². The maximum Gasteiger partial charge on any atom is 0.155 e. The number of methoxy groups -OCH3 is 1. The van der Waals surface area contributed by atoms with Crippen molar-refractivity contribution >= 4 is 11.6 Å². The number of aromatic nitrogens is 2. The summed E-state index contributed by atoms with van der Waals surface area (Å²) in [6.45, 7) is 0.431. The van der Waals surface area contributed by atoms with Gasteiger partial charge in [-0.1, -0.05) is 11.6 Å². The average Bonchev–Trinajstić information content (AvgIpc) is 2.85. The van der Waals surface area contributed by atoms with Crippen LogP contribution in [0.15, 0.2) is 6.07 Å². The third kappa shape index (κ3) is 2.17. The van der Waals surface area contributed by atoms with Crippen molar-refractivity contribution in [3.8, 4) is 0 Å². The van der Waals surface area contributed by atoms with Crippen LogP contribution < -0.4 is 0 Å². The van der Waals surface area contributed by atoms with E-state index in [-0.39, 0.29) is 0 Å². The maximum absolute atomic E-state index is 5.85. The summed E-state index contributed by atoms with van der Waals surface area (Å²) in [5.74, 6) is 1.29. The summed E-state index contributed by atoms with van der Waals surface area (Å²) in [7, 11) is 1.63. The lowest BCUT2D eigenvalue weighted by atomic mass is 10.3. The number of rotatable bonds is 3. The van der Waals surface area contributed by atoms with Gasteiger partial charge in [0.25, 0.3) is 0 Å². The van der Waals surface area contributed by atoms with Crippen LogP contribution in [0, 0.1) is 0 Å². The molecule has 0 amide bonds. The molecule has 4 heteroatoms. The van der Waals surface area contributed by atoms with Crippen LogP contribution in [0.4, 0.5) is 0 Å². The molecule has 1 aromatic rings. The Hall–Kier alpha value is -0.670. The minimum Gasteiger partial charge on any atom is -0.377 e. The van der Waals surface area contributed by atoms with E-state index in [2.05, 4.69) is 9.97 Å². The van der Waals surface area contributed by atoms with Gasteiger partial charge in [-0.15, -0.1) is 0 Å². The molecule has 2 rings (SSSR count). The standard InChI is InChI=1S/C9H11ClN2O/c1-13-5-9-11-7(6-2-3-6)4-8(10)12-9/h4,6H,2-3,5H2,1H3. The second-order valence-corrected chi connectivity index (χ2v) is 3.63. The molecule has 0 aromatic carbocycles. The van der Waals surface area contributed by atoms with Gasteiger partial charge >= 0.3 is 0 Å². The molecule has 1 fully saturated rings. The van der Waals surface area contributed by atoms with Crippen LogP contribution in [0.1, 0.15) is 30.3 Å². The second-order valence-electron chi connectivity index (χ2n) is 3.24. The normalized spacial score (nSPS) is 16.2. The minimum atomic E-state index is 0.431. The van der Waals surface area contributed by atoms with Crippen LogP contribution in [0.5, 0.6) is 0 Å². The van der Waals surface area contributed by atoms with Crippen molar-refractivity contribution < 1.29 is 4.74 Å². The lowest BCUT2D eigenvalue weighted by Crippen LogP contribution is -2.00. The van der Waals surface area contributed by atoms with E-state index in [9.17, 15) is 0 Å². The Morgan fingerprint density at radius 1 is 1.54 bits per heavy atom. The highest BCUT2D eigenvalue weighted by molar-refractivity contribution is 6.29. The predicted molar refractivity (Wildman–Crippen MR) is 49.7 cm³/mol. The zero-order valence-corrected chi connectivity index (χ0v) is 8.21. The molecule has 1 aliphatic rings. The molecule has 1 saturated carbocycles. The van der Waals surface area contributed by atoms with Gasteiger partial charge in [-0.3, -0.25) is 0 Å². The van der Waals surface area contributed by atoms with Gasteiger partial charge in [-0.05, 0) is 18.9 Å². The number of hydrogen-bond acceptors (Lipinski definition) is 3. The number of halogens is 1. The molecular formula is C9H11ClN2O. The van der Waals surface area contributed by atoms with Crippen molar-refractivity contribution in [3.05, 3.63) is 22.7 Å². The Labute approximate surface area is 82.1 Å². The van der Waals surface area contributed by atoms with Gasteiger partial charge in [0.2, 0.25) is 0 Å². The smallest absolute Gasteiger partial charge is 0.155 e. The van der Waals surface area contributed by atoms with Gasteiger partial charge in [0.1, 0.15) is 11.8 Å². The molecule has 70 valence electrons. The van der Waals surface area contributed by atoms with Crippen molar-refractivity contribution in [2.24, 2.45) is 0 Å². The van der Waals surface area contributed by atoms with Gasteiger partial charge < -0.3 is 4.74 Å². The fraction of sp³-hybridized carbons (Fsp3) is 0.556. The van der Waals surface area contributed by atoms with E-state index in [4.69, 9.17) is 16.3 Å². The van der Waals surface area contributed by atoms with Crippen molar-refractivity contribution in [1.29, 1.82) is 0 Å². The van der Waals surface area contributed by atoms with Crippen LogP contribution in [0.2, 0.25) is 5.15 Å². The fourth-order valence-corrected chi connectivity index (χ4v) is 1.48. The van der Waals surface area contributed by atoms with Crippen LogP contribution in [-0.4, -0.2) is 17.1 Å². The fourth-order valence-electron chi connectivity index (χ4n) is 1.27. The van der Waals surface area contributed by atoms with E-state index >= 15 is 0 Å². The summed E-state index contributed by atoms with van der Waals surface area (Å²) < 4.78 is 4.95.